The van der Waals surface area contributed by atoms with E-state index in [1.807, 2.05) is 6.92 Å². The van der Waals surface area contributed by atoms with Crippen molar-refractivity contribution in [3.63, 3.8) is 0 Å². The zero-order valence-corrected chi connectivity index (χ0v) is 24.1. The molecule has 11 heteroatoms. The number of hydrogen-bond donors (Lipinski definition) is 3. The van der Waals surface area contributed by atoms with E-state index in [-0.39, 0.29) is 34.9 Å². The van der Waals surface area contributed by atoms with Crippen LogP contribution in [0.1, 0.15) is 40.5 Å². The molecule has 1 aliphatic heterocycles. The number of rotatable bonds is 4. The number of fused-ring (bicyclic) bond motifs is 2. The monoisotopic (exact) mass is 560 g/mol. The van der Waals surface area contributed by atoms with E-state index in [9.17, 15) is 24.3 Å². The number of nitrogens with two attached hydrogens (primary N) is 1. The summed E-state index contributed by atoms with van der Waals surface area (Å²) in [6.45, 7) is 6.92. The molecule has 0 unspecified atom stereocenters. The van der Waals surface area contributed by atoms with Gasteiger partial charge in [0.25, 0.3) is 5.91 Å². The summed E-state index contributed by atoms with van der Waals surface area (Å²) in [5, 5.41) is 13.7. The number of aliphatic hydroxyl groups excluding tert-OH is 1. The maximum atomic E-state index is 13.3. The van der Waals surface area contributed by atoms with E-state index in [1.165, 1.54) is 34.3 Å². The fourth-order valence-corrected chi connectivity index (χ4v) is 4.78. The Hall–Kier alpha value is -3.54. The lowest BCUT2D eigenvalue weighted by Crippen LogP contribution is -2.37. The summed E-state index contributed by atoms with van der Waals surface area (Å²) in [6.07, 6.45) is 3.61. The molecule has 0 radical (unpaired) electrons. The maximum absolute atomic E-state index is 13.3. The van der Waals surface area contributed by atoms with Crippen molar-refractivity contribution in [1.82, 2.24) is 5.32 Å². The maximum Gasteiger partial charge on any atom is 0.405 e. The Kier molecular flexibility index (Phi) is 12.0. The van der Waals surface area contributed by atoms with Gasteiger partial charge in [-0.1, -0.05) is 38.2 Å². The Bertz CT molecular complexity index is 1150. The van der Waals surface area contributed by atoms with Crippen molar-refractivity contribution >= 4 is 23.6 Å². The molecule has 0 saturated heterocycles. The van der Waals surface area contributed by atoms with Crippen LogP contribution in [-0.2, 0) is 33.3 Å². The third-order valence-electron chi connectivity index (χ3n) is 6.95. The Morgan fingerprint density at radius 3 is 2.35 bits per heavy atom. The predicted molar refractivity (Wildman–Crippen MR) is 147 cm³/mol. The first-order valence-corrected chi connectivity index (χ1v) is 13.0. The fraction of sp³-hybridized carbons (Fsp3) is 0.517. The molecule has 2 bridgehead atoms. The average Bonchev–Trinajstić information content (AvgIpc) is 2.90. The van der Waals surface area contributed by atoms with Crippen LogP contribution in [0.3, 0.4) is 0 Å². The van der Waals surface area contributed by atoms with E-state index < -0.39 is 53.9 Å². The Morgan fingerprint density at radius 2 is 1.77 bits per heavy atom. The van der Waals surface area contributed by atoms with E-state index in [0.717, 1.165) is 6.08 Å². The van der Waals surface area contributed by atoms with Crippen LogP contribution in [0.15, 0.2) is 58.6 Å². The van der Waals surface area contributed by atoms with Gasteiger partial charge in [-0.05, 0) is 38.2 Å². The number of carbonyl (C=O) groups excluding carboxylic acids is 4. The highest BCUT2D eigenvalue weighted by Gasteiger charge is 2.34. The van der Waals surface area contributed by atoms with Crippen molar-refractivity contribution in [2.45, 2.75) is 65.0 Å². The van der Waals surface area contributed by atoms with Gasteiger partial charge in [0.2, 0.25) is 11.6 Å². The molecule has 4 N–H and O–H groups in total. The number of ether oxygens (including phenoxy) is 4. The summed E-state index contributed by atoms with van der Waals surface area (Å²) in [5.74, 6) is -2.39. The SMILES string of the molecule is COC1=C2C[C@H](C)C[C@H](OC)[C@@H](O)[C@H](C)/C=C(\C)[C@H](OC(N)=O)[C@@H](OC)/C=C\C=C(/C)C(=O)NC(=CC1=O)C2=O. The second-order valence-electron chi connectivity index (χ2n) is 10.1. The standard InChI is InChI=1S/C29H40N2O9/c1-15-11-19-25(34)20(14-21(32)27(19)39-7)31-28(35)16(2)9-8-10-22(37-5)26(40-29(30)36)18(4)13-17(3)24(33)23(12-15)38-6/h8-10,13-15,17,22-24,26,33H,11-12H2,1-7H3,(H2,30,36)(H,31,35)/b10-8-,16-9+,18-13+/t15-,17+,22-,23-,24-,26-/m0/s1. The normalized spacial score (nSPS) is 32.7. The van der Waals surface area contributed by atoms with E-state index in [1.54, 1.807) is 32.1 Å². The van der Waals surface area contributed by atoms with Crippen LogP contribution in [0.4, 0.5) is 4.79 Å². The first-order valence-electron chi connectivity index (χ1n) is 13.0. The summed E-state index contributed by atoms with van der Waals surface area (Å²) in [7, 11) is 4.21. The van der Waals surface area contributed by atoms with Gasteiger partial charge in [-0.25, -0.2) is 4.79 Å². The Balaban J connectivity index is 2.60. The largest absolute Gasteiger partial charge is 0.492 e. The van der Waals surface area contributed by atoms with Crippen molar-refractivity contribution in [2.24, 2.45) is 17.6 Å². The van der Waals surface area contributed by atoms with Crippen LogP contribution in [0, 0.1) is 11.8 Å². The minimum atomic E-state index is -1.00. The number of amides is 2. The van der Waals surface area contributed by atoms with Gasteiger partial charge in [-0.15, -0.1) is 0 Å². The molecular weight excluding hydrogens is 520 g/mol. The summed E-state index contributed by atoms with van der Waals surface area (Å²) in [6, 6.07) is 0. The second kappa shape index (κ2) is 14.7. The number of nitrogens with one attached hydrogen (secondary N) is 1. The van der Waals surface area contributed by atoms with Crippen LogP contribution >= 0.6 is 0 Å². The Morgan fingerprint density at radius 1 is 1.10 bits per heavy atom. The highest BCUT2D eigenvalue weighted by Crippen LogP contribution is 2.29. The molecular formula is C29H40N2O9. The highest BCUT2D eigenvalue weighted by molar-refractivity contribution is 6.23. The van der Waals surface area contributed by atoms with Gasteiger partial charge in [-0.3, -0.25) is 14.4 Å². The minimum absolute atomic E-state index is 0.0801. The smallest absolute Gasteiger partial charge is 0.405 e. The molecule has 220 valence electrons. The summed E-state index contributed by atoms with van der Waals surface area (Å²) >= 11 is 0. The molecule has 2 aliphatic rings. The topological polar surface area (TPSA) is 163 Å². The van der Waals surface area contributed by atoms with Gasteiger partial charge in [0.1, 0.15) is 6.10 Å². The van der Waals surface area contributed by atoms with Gasteiger partial charge in [0.15, 0.2) is 11.9 Å². The number of ketones is 2. The van der Waals surface area contributed by atoms with Crippen LogP contribution in [0.2, 0.25) is 0 Å². The first-order chi connectivity index (χ1) is 18.8. The molecule has 0 aromatic carbocycles. The third-order valence-corrected chi connectivity index (χ3v) is 6.95. The first kappa shape index (κ1) is 32.7. The highest BCUT2D eigenvalue weighted by atomic mass is 16.6. The molecule has 0 aromatic heterocycles. The number of aliphatic hydroxyl groups is 1. The molecule has 0 aromatic rings. The van der Waals surface area contributed by atoms with Crippen LogP contribution in [0.25, 0.3) is 0 Å². The average molecular weight is 561 g/mol. The molecule has 1 heterocycles. The summed E-state index contributed by atoms with van der Waals surface area (Å²) < 4.78 is 21.7. The molecule has 1 aliphatic carbocycles. The molecule has 2 amide bonds. The van der Waals surface area contributed by atoms with Crippen LogP contribution in [-0.4, -0.2) is 74.4 Å². The van der Waals surface area contributed by atoms with Crippen LogP contribution < -0.4 is 11.1 Å². The number of Topliss-reactive ketones (excluding diaryl/α,β-unsaturated/α-hetero) is 1. The van der Waals surface area contributed by atoms with Crippen molar-refractivity contribution < 1.29 is 43.2 Å². The lowest BCUT2D eigenvalue weighted by Gasteiger charge is -2.29. The summed E-state index contributed by atoms with van der Waals surface area (Å²) in [4.78, 5) is 50.6. The van der Waals surface area contributed by atoms with E-state index >= 15 is 0 Å². The molecule has 40 heavy (non-hydrogen) atoms. The van der Waals surface area contributed by atoms with Crippen molar-refractivity contribution in [2.75, 3.05) is 21.3 Å². The predicted octanol–water partition coefficient (Wildman–Crippen LogP) is 2.41. The third kappa shape index (κ3) is 8.23. The van der Waals surface area contributed by atoms with Gasteiger partial charge < -0.3 is 35.1 Å². The minimum Gasteiger partial charge on any atom is -0.492 e. The number of primary amides is 1. The van der Waals surface area contributed by atoms with Gasteiger partial charge in [-0.2, -0.15) is 0 Å². The van der Waals surface area contributed by atoms with E-state index in [0.29, 0.717) is 12.0 Å². The lowest BCUT2D eigenvalue weighted by atomic mass is 9.85. The zero-order chi connectivity index (χ0) is 30.1. The Labute approximate surface area is 234 Å². The quantitative estimate of drug-likeness (QED) is 0.346. The second-order valence-corrected chi connectivity index (χ2v) is 10.1. The molecule has 0 saturated carbocycles. The fourth-order valence-electron chi connectivity index (χ4n) is 4.78. The zero-order valence-electron chi connectivity index (χ0n) is 24.1. The summed E-state index contributed by atoms with van der Waals surface area (Å²) in [5.41, 5.74) is 6.12. The number of hydrogen-bond acceptors (Lipinski definition) is 9. The van der Waals surface area contributed by atoms with Crippen molar-refractivity contribution in [3.05, 3.63) is 58.6 Å². The van der Waals surface area contributed by atoms with Crippen LogP contribution in [0.5, 0.6) is 0 Å². The molecule has 0 fully saturated rings. The molecule has 2 rings (SSSR count). The van der Waals surface area contributed by atoms with Gasteiger partial charge in [0, 0.05) is 37.4 Å². The molecule has 0 spiro atoms. The van der Waals surface area contributed by atoms with E-state index in [2.05, 4.69) is 5.32 Å². The number of methoxy groups -OCH3 is 3. The van der Waals surface area contributed by atoms with E-state index in [4.69, 9.17) is 24.7 Å². The molecule has 6 atom stereocenters. The number of carbonyl (C=O) groups is 4. The van der Waals surface area contributed by atoms with Gasteiger partial charge in [0.05, 0.1) is 25.0 Å². The van der Waals surface area contributed by atoms with Crippen molar-refractivity contribution in [3.8, 4) is 0 Å². The van der Waals surface area contributed by atoms with Crippen molar-refractivity contribution in [1.29, 1.82) is 0 Å². The molecule has 11 nitrogen and oxygen atoms in total. The van der Waals surface area contributed by atoms with Gasteiger partial charge >= 0.3 is 6.09 Å². The lowest BCUT2D eigenvalue weighted by molar-refractivity contribution is -0.120. The number of allylic oxidation sites excluding steroid dienone is 4.